The fourth-order valence-corrected chi connectivity index (χ4v) is 4.65. The highest BCUT2D eigenvalue weighted by atomic mass is 35.5. The molecule has 0 unspecified atom stereocenters. The van der Waals surface area contributed by atoms with Crippen molar-refractivity contribution in [2.24, 2.45) is 0 Å². The molecule has 34 heavy (non-hydrogen) atoms. The highest BCUT2D eigenvalue weighted by molar-refractivity contribution is 7.80. The maximum atomic E-state index is 6.26. The van der Waals surface area contributed by atoms with E-state index in [1.165, 1.54) is 5.56 Å². The minimum absolute atomic E-state index is 0.160. The van der Waals surface area contributed by atoms with Gasteiger partial charge in [-0.1, -0.05) is 29.8 Å². The second kappa shape index (κ2) is 10.8. The number of halogens is 1. The number of fused-ring (bicyclic) bond motifs is 1. The van der Waals surface area contributed by atoms with Gasteiger partial charge in [0.25, 0.3) is 0 Å². The van der Waals surface area contributed by atoms with Gasteiger partial charge >= 0.3 is 0 Å². The van der Waals surface area contributed by atoms with E-state index >= 15 is 0 Å². The number of rotatable bonds is 7. The first kappa shape index (κ1) is 24.0. The average molecular weight is 499 g/mol. The summed E-state index contributed by atoms with van der Waals surface area (Å²) in [4.78, 5) is 2.14. The molecule has 8 heteroatoms. The Morgan fingerprint density at radius 1 is 0.941 bits per heavy atom. The van der Waals surface area contributed by atoms with E-state index in [0.29, 0.717) is 39.7 Å². The van der Waals surface area contributed by atoms with Gasteiger partial charge < -0.3 is 29.2 Å². The zero-order chi connectivity index (χ0) is 24.1. The first-order valence-corrected chi connectivity index (χ1v) is 11.7. The maximum absolute atomic E-state index is 6.26. The summed E-state index contributed by atoms with van der Waals surface area (Å²) in [7, 11) is 4.91. The molecule has 0 radical (unpaired) electrons. The Morgan fingerprint density at radius 2 is 1.65 bits per heavy atom. The molecule has 1 N–H and O–H groups in total. The molecule has 0 aliphatic carbocycles. The van der Waals surface area contributed by atoms with Crippen LogP contribution in [0.15, 0.2) is 60.7 Å². The molecule has 6 nitrogen and oxygen atoms in total. The molecule has 1 atom stereocenters. The zero-order valence-electron chi connectivity index (χ0n) is 19.3. The van der Waals surface area contributed by atoms with Gasteiger partial charge in [-0.3, -0.25) is 0 Å². The predicted octanol–water partition coefficient (Wildman–Crippen LogP) is 5.74. The number of thiocarbonyl (C=S) groups is 1. The molecular formula is C26H27ClN2O4S. The largest absolute Gasteiger partial charge is 0.493 e. The van der Waals surface area contributed by atoms with Gasteiger partial charge in [0.2, 0.25) is 0 Å². The average Bonchev–Trinajstić information content (AvgIpc) is 2.86. The molecule has 0 aromatic heterocycles. The van der Waals surface area contributed by atoms with Gasteiger partial charge in [0.05, 0.1) is 27.4 Å². The molecule has 1 heterocycles. The minimum atomic E-state index is -0.160. The van der Waals surface area contributed by atoms with Crippen LogP contribution in [0.3, 0.4) is 0 Å². The number of hydrogen-bond acceptors (Lipinski definition) is 5. The summed E-state index contributed by atoms with van der Waals surface area (Å²) < 4.78 is 22.8. The molecule has 178 valence electrons. The van der Waals surface area contributed by atoms with Crippen LogP contribution in [0.4, 0.5) is 5.69 Å². The molecule has 1 aliphatic heterocycles. The summed E-state index contributed by atoms with van der Waals surface area (Å²) in [6, 6.07) is 19.0. The van der Waals surface area contributed by atoms with Crippen LogP contribution in [-0.2, 0) is 6.42 Å². The quantitative estimate of drug-likeness (QED) is 0.417. The van der Waals surface area contributed by atoms with Gasteiger partial charge in [-0.2, -0.15) is 0 Å². The smallest absolute Gasteiger partial charge is 0.174 e. The fraction of sp³-hybridized carbons (Fsp3) is 0.269. The summed E-state index contributed by atoms with van der Waals surface area (Å²) >= 11 is 12.0. The normalized spacial score (nSPS) is 14.7. The first-order valence-electron chi connectivity index (χ1n) is 10.9. The number of hydrogen-bond donors (Lipinski definition) is 1. The lowest BCUT2D eigenvalue weighted by Crippen LogP contribution is -2.44. The Kier molecular flexibility index (Phi) is 7.65. The van der Waals surface area contributed by atoms with Crippen LogP contribution in [0.2, 0.25) is 5.02 Å². The van der Waals surface area contributed by atoms with Crippen LogP contribution < -0.4 is 24.3 Å². The molecule has 4 rings (SSSR count). The van der Waals surface area contributed by atoms with E-state index in [4.69, 9.17) is 42.8 Å². The van der Waals surface area contributed by atoms with E-state index in [1.807, 2.05) is 60.7 Å². The Hall–Kier alpha value is -3.16. The van der Waals surface area contributed by atoms with Crippen molar-refractivity contribution in [2.75, 3.05) is 39.8 Å². The molecule has 0 saturated carbocycles. The van der Waals surface area contributed by atoms with Gasteiger partial charge in [-0.25, -0.2) is 0 Å². The second-order valence-corrected chi connectivity index (χ2v) is 8.59. The summed E-state index contributed by atoms with van der Waals surface area (Å²) in [5.74, 6) is 2.72. The highest BCUT2D eigenvalue weighted by Crippen LogP contribution is 2.39. The lowest BCUT2D eigenvalue weighted by atomic mass is 9.92. The molecular weight excluding hydrogens is 472 g/mol. The van der Waals surface area contributed by atoms with Crippen molar-refractivity contribution in [2.45, 2.75) is 12.5 Å². The van der Waals surface area contributed by atoms with E-state index in [-0.39, 0.29) is 6.04 Å². The summed E-state index contributed by atoms with van der Waals surface area (Å²) in [6.07, 6.45) is 0.804. The third kappa shape index (κ3) is 5.16. The second-order valence-electron chi connectivity index (χ2n) is 7.77. The van der Waals surface area contributed by atoms with Crippen LogP contribution in [0.1, 0.15) is 17.2 Å². The van der Waals surface area contributed by atoms with Crippen molar-refractivity contribution in [1.82, 2.24) is 4.90 Å². The number of para-hydroxylation sites is 2. The number of methoxy groups -OCH3 is 3. The zero-order valence-corrected chi connectivity index (χ0v) is 20.9. The Labute approximate surface area is 210 Å². The molecule has 0 amide bonds. The molecule has 0 saturated heterocycles. The van der Waals surface area contributed by atoms with E-state index < -0.39 is 0 Å². The summed E-state index contributed by atoms with van der Waals surface area (Å²) in [6.45, 7) is 1.08. The molecule has 0 bridgehead atoms. The van der Waals surface area contributed by atoms with Gasteiger partial charge in [-0.05, 0) is 72.2 Å². The molecule has 3 aromatic carbocycles. The molecule has 0 fully saturated rings. The lowest BCUT2D eigenvalue weighted by Gasteiger charge is -2.39. The minimum Gasteiger partial charge on any atom is -0.493 e. The van der Waals surface area contributed by atoms with Crippen molar-refractivity contribution in [3.8, 4) is 23.0 Å². The van der Waals surface area contributed by atoms with Crippen molar-refractivity contribution >= 4 is 34.6 Å². The van der Waals surface area contributed by atoms with E-state index in [1.54, 1.807) is 21.3 Å². The van der Waals surface area contributed by atoms with Crippen LogP contribution in [0.5, 0.6) is 23.0 Å². The lowest BCUT2D eigenvalue weighted by molar-refractivity contribution is 0.185. The topological polar surface area (TPSA) is 52.2 Å². The standard InChI is InChI=1S/C26H27ClN2O4S/c1-30-22-9-4-5-10-23(22)33-16-21-20-15-25(32-3)24(31-2)13-17(20)11-12-29(21)26(34)28-19-8-6-7-18(27)14-19/h4-10,13-15,21H,11-12,16H2,1-3H3,(H,28,34)/t21-/m1/s1. The molecule has 1 aliphatic rings. The summed E-state index contributed by atoms with van der Waals surface area (Å²) in [5.41, 5.74) is 3.09. The number of anilines is 1. The van der Waals surface area contributed by atoms with Gasteiger partial charge in [0.15, 0.2) is 28.1 Å². The SMILES string of the molecule is COc1cc2c(cc1OC)[C@@H](COc1ccccc1OC)N(C(=S)Nc1cccc(Cl)c1)CC2. The van der Waals surface area contributed by atoms with E-state index in [9.17, 15) is 0 Å². The highest BCUT2D eigenvalue weighted by Gasteiger charge is 2.31. The number of nitrogens with one attached hydrogen (secondary N) is 1. The maximum Gasteiger partial charge on any atom is 0.174 e. The third-order valence-electron chi connectivity index (χ3n) is 5.81. The number of ether oxygens (including phenoxy) is 4. The van der Waals surface area contributed by atoms with E-state index in [2.05, 4.69) is 10.2 Å². The third-order valence-corrected chi connectivity index (χ3v) is 6.38. The van der Waals surface area contributed by atoms with Crippen molar-refractivity contribution < 1.29 is 18.9 Å². The van der Waals surface area contributed by atoms with Crippen molar-refractivity contribution in [3.05, 3.63) is 76.8 Å². The van der Waals surface area contributed by atoms with Crippen LogP contribution >= 0.6 is 23.8 Å². The van der Waals surface area contributed by atoms with Crippen molar-refractivity contribution in [1.29, 1.82) is 0 Å². The predicted molar refractivity (Wildman–Crippen MR) is 139 cm³/mol. The molecule has 0 spiro atoms. The number of benzene rings is 3. The Morgan fingerprint density at radius 3 is 2.35 bits per heavy atom. The van der Waals surface area contributed by atoms with Gasteiger partial charge in [0, 0.05) is 17.3 Å². The fourth-order valence-electron chi connectivity index (χ4n) is 4.12. The van der Waals surface area contributed by atoms with Crippen LogP contribution in [0.25, 0.3) is 0 Å². The monoisotopic (exact) mass is 498 g/mol. The Bertz CT molecular complexity index is 1170. The van der Waals surface area contributed by atoms with Crippen LogP contribution in [0, 0.1) is 0 Å². The number of nitrogens with zero attached hydrogens (tertiary/aromatic N) is 1. The van der Waals surface area contributed by atoms with E-state index in [0.717, 1.165) is 24.2 Å². The Balaban J connectivity index is 1.66. The van der Waals surface area contributed by atoms with Gasteiger partial charge in [-0.15, -0.1) is 0 Å². The summed E-state index contributed by atoms with van der Waals surface area (Å²) in [5, 5.41) is 4.56. The first-order chi connectivity index (χ1) is 16.5. The van der Waals surface area contributed by atoms with Crippen molar-refractivity contribution in [3.63, 3.8) is 0 Å². The van der Waals surface area contributed by atoms with Crippen LogP contribution in [-0.4, -0.2) is 44.5 Å². The molecule has 3 aromatic rings. The van der Waals surface area contributed by atoms with Gasteiger partial charge in [0.1, 0.15) is 6.61 Å².